The average Bonchev–Trinajstić information content (AvgIpc) is 3.28. The molecular weight excluding hydrogens is 412 g/mol. The molecule has 0 saturated carbocycles. The van der Waals surface area contributed by atoms with Gasteiger partial charge in [0.2, 0.25) is 5.91 Å². The molecule has 0 aliphatic rings. The fourth-order valence-electron chi connectivity index (χ4n) is 3.09. The van der Waals surface area contributed by atoms with Gasteiger partial charge in [-0.3, -0.25) is 14.6 Å². The molecule has 0 radical (unpaired) electrons. The van der Waals surface area contributed by atoms with Gasteiger partial charge < -0.3 is 15.4 Å². The van der Waals surface area contributed by atoms with Crippen LogP contribution in [-0.2, 0) is 4.79 Å². The van der Waals surface area contributed by atoms with Crippen molar-refractivity contribution in [3.8, 4) is 17.0 Å². The highest BCUT2D eigenvalue weighted by Gasteiger charge is 2.27. The Morgan fingerprint density at radius 2 is 1.74 bits per heavy atom. The minimum atomic E-state index is -0.695. The van der Waals surface area contributed by atoms with Gasteiger partial charge in [0.1, 0.15) is 16.8 Å². The molecule has 2 atom stereocenters. The lowest BCUT2D eigenvalue weighted by Gasteiger charge is -2.24. The molecule has 0 bridgehead atoms. The zero-order valence-corrected chi connectivity index (χ0v) is 18.8. The van der Waals surface area contributed by atoms with Crippen molar-refractivity contribution < 1.29 is 14.3 Å². The standard InChI is InChI=1S/C23H26N4O3S/c1-14(2)20(27-21(28)17-7-5-6-8-19(17)30-4)22(29)25-15(3)23-26-18(13-31-23)16-9-11-24-12-10-16/h5-15,20H,1-4H3,(H,25,29)(H,27,28). The summed E-state index contributed by atoms with van der Waals surface area (Å²) in [6, 6.07) is 9.73. The van der Waals surface area contributed by atoms with Gasteiger partial charge in [-0.15, -0.1) is 11.3 Å². The number of nitrogens with zero attached hydrogens (tertiary/aromatic N) is 2. The number of carbonyl (C=O) groups is 2. The summed E-state index contributed by atoms with van der Waals surface area (Å²) in [6.07, 6.45) is 3.44. The third-order valence-corrected chi connectivity index (χ3v) is 5.84. The van der Waals surface area contributed by atoms with Gasteiger partial charge in [-0.2, -0.15) is 0 Å². The highest BCUT2D eigenvalue weighted by Crippen LogP contribution is 2.25. The monoisotopic (exact) mass is 438 g/mol. The first-order valence-corrected chi connectivity index (χ1v) is 10.9. The fourth-order valence-corrected chi connectivity index (χ4v) is 3.93. The summed E-state index contributed by atoms with van der Waals surface area (Å²) in [5, 5.41) is 8.56. The molecule has 31 heavy (non-hydrogen) atoms. The maximum absolute atomic E-state index is 13.0. The quantitative estimate of drug-likeness (QED) is 0.557. The first-order valence-electron chi connectivity index (χ1n) is 10.0. The molecule has 0 spiro atoms. The minimum absolute atomic E-state index is 0.102. The van der Waals surface area contributed by atoms with Gasteiger partial charge in [0, 0.05) is 23.3 Å². The third kappa shape index (κ3) is 5.46. The Bertz CT molecular complexity index is 1040. The van der Waals surface area contributed by atoms with Crippen LogP contribution in [0.5, 0.6) is 5.75 Å². The van der Waals surface area contributed by atoms with E-state index in [1.54, 1.807) is 36.7 Å². The van der Waals surface area contributed by atoms with E-state index in [0.717, 1.165) is 16.3 Å². The molecule has 2 aromatic heterocycles. The molecule has 8 heteroatoms. The maximum Gasteiger partial charge on any atom is 0.255 e. The smallest absolute Gasteiger partial charge is 0.255 e. The van der Waals surface area contributed by atoms with E-state index in [-0.39, 0.29) is 23.8 Å². The molecule has 2 unspecified atom stereocenters. The highest BCUT2D eigenvalue weighted by molar-refractivity contribution is 7.10. The van der Waals surface area contributed by atoms with Crippen molar-refractivity contribution in [1.82, 2.24) is 20.6 Å². The predicted octanol–water partition coefficient (Wildman–Crippen LogP) is 3.85. The van der Waals surface area contributed by atoms with Gasteiger partial charge >= 0.3 is 0 Å². The lowest BCUT2D eigenvalue weighted by atomic mass is 10.0. The SMILES string of the molecule is COc1ccccc1C(=O)NC(C(=O)NC(C)c1nc(-c2ccncc2)cs1)C(C)C. The zero-order valence-electron chi connectivity index (χ0n) is 18.0. The van der Waals surface area contributed by atoms with Crippen LogP contribution in [0.25, 0.3) is 11.3 Å². The molecule has 162 valence electrons. The molecular formula is C23H26N4O3S. The number of pyridine rings is 1. The number of ether oxygens (including phenoxy) is 1. The molecule has 3 rings (SSSR count). The van der Waals surface area contributed by atoms with Crippen molar-refractivity contribution in [2.24, 2.45) is 5.92 Å². The Kier molecular flexibility index (Phi) is 7.36. The minimum Gasteiger partial charge on any atom is -0.496 e. The van der Waals surface area contributed by atoms with Gasteiger partial charge in [-0.25, -0.2) is 4.98 Å². The van der Waals surface area contributed by atoms with Crippen LogP contribution in [0.3, 0.4) is 0 Å². The van der Waals surface area contributed by atoms with Crippen molar-refractivity contribution in [2.75, 3.05) is 7.11 Å². The number of para-hydroxylation sites is 1. The lowest BCUT2D eigenvalue weighted by molar-refractivity contribution is -0.124. The van der Waals surface area contributed by atoms with Gasteiger partial charge in [-0.05, 0) is 37.1 Å². The molecule has 2 N–H and O–H groups in total. The van der Waals surface area contributed by atoms with Crippen LogP contribution in [0, 0.1) is 5.92 Å². The number of aromatic nitrogens is 2. The highest BCUT2D eigenvalue weighted by atomic mass is 32.1. The Labute approximate surface area is 185 Å². The first-order chi connectivity index (χ1) is 14.9. The van der Waals surface area contributed by atoms with Crippen molar-refractivity contribution in [3.63, 3.8) is 0 Å². The van der Waals surface area contributed by atoms with E-state index in [2.05, 4.69) is 20.6 Å². The molecule has 2 heterocycles. The van der Waals surface area contributed by atoms with Crippen LogP contribution in [0.15, 0.2) is 54.2 Å². The predicted molar refractivity (Wildman–Crippen MR) is 121 cm³/mol. The molecule has 0 aliphatic carbocycles. The van der Waals surface area contributed by atoms with Crippen molar-refractivity contribution in [3.05, 3.63) is 64.7 Å². The second-order valence-corrected chi connectivity index (χ2v) is 8.32. The van der Waals surface area contributed by atoms with E-state index in [1.165, 1.54) is 18.4 Å². The molecule has 7 nitrogen and oxygen atoms in total. The number of methoxy groups -OCH3 is 1. The Hall–Kier alpha value is -3.26. The summed E-state index contributed by atoms with van der Waals surface area (Å²) < 4.78 is 5.26. The van der Waals surface area contributed by atoms with Crippen molar-refractivity contribution in [1.29, 1.82) is 0 Å². The van der Waals surface area contributed by atoms with Gasteiger partial charge in [0.15, 0.2) is 0 Å². The maximum atomic E-state index is 13.0. The van der Waals surface area contributed by atoms with Crippen LogP contribution in [0.4, 0.5) is 0 Å². The molecule has 3 aromatic rings. The summed E-state index contributed by atoms with van der Waals surface area (Å²) in [4.78, 5) is 34.4. The largest absolute Gasteiger partial charge is 0.496 e. The summed E-state index contributed by atoms with van der Waals surface area (Å²) in [5.74, 6) is -0.253. The number of hydrogen-bond acceptors (Lipinski definition) is 6. The van der Waals surface area contributed by atoms with Crippen molar-refractivity contribution >= 4 is 23.2 Å². The first kappa shape index (κ1) is 22.4. The summed E-state index contributed by atoms with van der Waals surface area (Å²) in [6.45, 7) is 5.66. The van der Waals surface area contributed by atoms with E-state index in [0.29, 0.717) is 11.3 Å². The van der Waals surface area contributed by atoms with Crippen LogP contribution < -0.4 is 15.4 Å². The molecule has 1 aromatic carbocycles. The Morgan fingerprint density at radius 1 is 1.03 bits per heavy atom. The van der Waals surface area contributed by atoms with Crippen molar-refractivity contribution in [2.45, 2.75) is 32.9 Å². The number of benzene rings is 1. The van der Waals surface area contributed by atoms with E-state index >= 15 is 0 Å². The molecule has 0 fully saturated rings. The normalized spacial score (nSPS) is 12.8. The number of rotatable bonds is 8. The van der Waals surface area contributed by atoms with Gasteiger partial charge in [0.25, 0.3) is 5.91 Å². The van der Waals surface area contributed by atoms with E-state index < -0.39 is 6.04 Å². The second-order valence-electron chi connectivity index (χ2n) is 7.43. The van der Waals surface area contributed by atoms with Gasteiger partial charge in [-0.1, -0.05) is 26.0 Å². The number of nitrogens with one attached hydrogen (secondary N) is 2. The number of thiazole rings is 1. The number of amides is 2. The summed E-state index contributed by atoms with van der Waals surface area (Å²) in [7, 11) is 1.51. The van der Waals surface area contributed by atoms with Crippen LogP contribution in [0.2, 0.25) is 0 Å². The van der Waals surface area contributed by atoms with Crippen LogP contribution in [0.1, 0.15) is 42.2 Å². The van der Waals surface area contributed by atoms with E-state index in [4.69, 9.17) is 4.74 Å². The van der Waals surface area contributed by atoms with E-state index in [9.17, 15) is 9.59 Å². The lowest BCUT2D eigenvalue weighted by Crippen LogP contribution is -2.50. The second kappa shape index (κ2) is 10.2. The Morgan fingerprint density at radius 3 is 2.42 bits per heavy atom. The number of hydrogen-bond donors (Lipinski definition) is 2. The Balaban J connectivity index is 1.69. The molecule has 0 aliphatic heterocycles. The van der Waals surface area contributed by atoms with Crippen LogP contribution >= 0.6 is 11.3 Å². The van der Waals surface area contributed by atoms with Crippen LogP contribution in [-0.4, -0.2) is 34.9 Å². The van der Waals surface area contributed by atoms with Gasteiger partial charge in [0.05, 0.1) is 24.4 Å². The molecule has 0 saturated heterocycles. The summed E-state index contributed by atoms with van der Waals surface area (Å²) >= 11 is 1.48. The third-order valence-electron chi connectivity index (χ3n) is 4.81. The fraction of sp³-hybridized carbons (Fsp3) is 0.304. The topological polar surface area (TPSA) is 93.2 Å². The van der Waals surface area contributed by atoms with E-state index in [1.807, 2.05) is 38.3 Å². The summed E-state index contributed by atoms with van der Waals surface area (Å²) in [5.41, 5.74) is 2.20. The molecule has 2 amide bonds. The number of carbonyl (C=O) groups excluding carboxylic acids is 2. The average molecular weight is 439 g/mol. The zero-order chi connectivity index (χ0) is 22.4.